The second-order valence-corrected chi connectivity index (χ2v) is 8.79. The summed E-state index contributed by atoms with van der Waals surface area (Å²) in [6.07, 6.45) is 5.87. The third kappa shape index (κ3) is 4.22. The van der Waals surface area contributed by atoms with Gasteiger partial charge in [-0.2, -0.15) is 0 Å². The van der Waals surface area contributed by atoms with Crippen LogP contribution in [-0.4, -0.2) is 34.5 Å². The first-order valence-electron chi connectivity index (χ1n) is 11.1. The Morgan fingerprint density at radius 3 is 2.71 bits per heavy atom. The van der Waals surface area contributed by atoms with Crippen LogP contribution < -0.4 is 5.32 Å². The summed E-state index contributed by atoms with van der Waals surface area (Å²) < 4.78 is 30.5. The standard InChI is InChI=1S/C25H27F2N3O/c26-20-6-1-4-17(12-20)14-29-15-19(24-22(27)7-2-8-23(24)29)16-30(21-9-10-21)25(31)18-5-3-11-28-13-18/h1-2,4,6-8,12,15,18,21,28H,3,5,9-11,13-14,16H2/t18-/m1/s1. The van der Waals surface area contributed by atoms with Crippen LogP contribution in [0.2, 0.25) is 0 Å². The van der Waals surface area contributed by atoms with Crippen LogP contribution in [0.15, 0.2) is 48.7 Å². The summed E-state index contributed by atoms with van der Waals surface area (Å²) in [6, 6.07) is 11.8. The molecule has 4 nitrogen and oxygen atoms in total. The van der Waals surface area contributed by atoms with Crippen LogP contribution in [0.4, 0.5) is 8.78 Å². The van der Waals surface area contributed by atoms with Crippen molar-refractivity contribution in [2.45, 2.75) is 44.8 Å². The zero-order valence-electron chi connectivity index (χ0n) is 17.5. The Hall–Kier alpha value is -2.73. The molecule has 162 valence electrons. The lowest BCUT2D eigenvalue weighted by Crippen LogP contribution is -2.43. The number of rotatable bonds is 6. The molecule has 2 fully saturated rings. The molecule has 2 aliphatic rings. The zero-order valence-corrected chi connectivity index (χ0v) is 17.5. The van der Waals surface area contributed by atoms with Crippen LogP contribution in [0.1, 0.15) is 36.8 Å². The maximum Gasteiger partial charge on any atom is 0.227 e. The van der Waals surface area contributed by atoms with Crippen LogP contribution in [0.25, 0.3) is 10.9 Å². The van der Waals surface area contributed by atoms with Crippen LogP contribution in [0.3, 0.4) is 0 Å². The maximum absolute atomic E-state index is 14.9. The van der Waals surface area contributed by atoms with Gasteiger partial charge in [-0.25, -0.2) is 8.78 Å². The molecule has 1 saturated carbocycles. The highest BCUT2D eigenvalue weighted by molar-refractivity contribution is 5.86. The first kappa shape index (κ1) is 20.2. The van der Waals surface area contributed by atoms with Crippen molar-refractivity contribution in [2.24, 2.45) is 5.92 Å². The van der Waals surface area contributed by atoms with Gasteiger partial charge in [0.2, 0.25) is 5.91 Å². The number of hydrogen-bond acceptors (Lipinski definition) is 2. The van der Waals surface area contributed by atoms with Crippen molar-refractivity contribution in [3.63, 3.8) is 0 Å². The van der Waals surface area contributed by atoms with E-state index in [9.17, 15) is 13.6 Å². The number of nitrogens with zero attached hydrogens (tertiary/aromatic N) is 2. The predicted molar refractivity (Wildman–Crippen MR) is 117 cm³/mol. The number of nitrogens with one attached hydrogen (secondary N) is 1. The molecule has 0 unspecified atom stereocenters. The number of carbonyl (C=O) groups excluding carboxylic acids is 1. The second-order valence-electron chi connectivity index (χ2n) is 8.79. The quantitative estimate of drug-likeness (QED) is 0.636. The monoisotopic (exact) mass is 423 g/mol. The van der Waals surface area contributed by atoms with E-state index < -0.39 is 0 Å². The van der Waals surface area contributed by atoms with Crippen LogP contribution in [0, 0.1) is 17.6 Å². The number of amides is 1. The molecule has 1 aliphatic carbocycles. The number of halogens is 2. The zero-order chi connectivity index (χ0) is 21.4. The number of fused-ring (bicyclic) bond motifs is 1. The molecule has 1 aliphatic heterocycles. The van der Waals surface area contributed by atoms with Crippen LogP contribution in [-0.2, 0) is 17.9 Å². The van der Waals surface area contributed by atoms with E-state index in [0.717, 1.165) is 55.4 Å². The fourth-order valence-corrected chi connectivity index (χ4v) is 4.73. The van der Waals surface area contributed by atoms with Gasteiger partial charge >= 0.3 is 0 Å². The Morgan fingerprint density at radius 2 is 1.97 bits per heavy atom. The van der Waals surface area contributed by atoms with E-state index >= 15 is 0 Å². The molecule has 1 amide bonds. The SMILES string of the molecule is O=C([C@@H]1CCCNC1)N(Cc1cn(Cc2cccc(F)c2)c2cccc(F)c12)C1CC1. The number of benzene rings is 2. The predicted octanol–water partition coefficient (Wildman–Crippen LogP) is 4.46. The summed E-state index contributed by atoms with van der Waals surface area (Å²) >= 11 is 0. The largest absolute Gasteiger partial charge is 0.343 e. The summed E-state index contributed by atoms with van der Waals surface area (Å²) in [5, 5.41) is 3.88. The average Bonchev–Trinajstić information content (AvgIpc) is 3.56. The lowest BCUT2D eigenvalue weighted by atomic mass is 9.97. The number of aromatic nitrogens is 1. The molecule has 6 heteroatoms. The topological polar surface area (TPSA) is 37.3 Å². The van der Waals surface area contributed by atoms with Gasteiger partial charge in [0, 0.05) is 37.3 Å². The molecule has 2 aromatic carbocycles. The average molecular weight is 424 g/mol. The minimum Gasteiger partial charge on any atom is -0.343 e. The van der Waals surface area contributed by atoms with E-state index in [2.05, 4.69) is 5.32 Å². The molecule has 31 heavy (non-hydrogen) atoms. The molecule has 1 N–H and O–H groups in total. The summed E-state index contributed by atoms with van der Waals surface area (Å²) in [7, 11) is 0. The van der Waals surface area contributed by atoms with Gasteiger partial charge in [0.15, 0.2) is 0 Å². The number of carbonyl (C=O) groups is 1. The molecule has 1 aromatic heterocycles. The molecule has 1 atom stereocenters. The summed E-state index contributed by atoms with van der Waals surface area (Å²) in [6.45, 7) is 2.54. The first-order chi connectivity index (χ1) is 15.1. The van der Waals surface area contributed by atoms with Gasteiger partial charge in [0.25, 0.3) is 0 Å². The van der Waals surface area contributed by atoms with Crippen LogP contribution >= 0.6 is 0 Å². The summed E-state index contributed by atoms with van der Waals surface area (Å²) in [5.74, 6) is -0.392. The molecule has 0 spiro atoms. The first-order valence-corrected chi connectivity index (χ1v) is 11.1. The van der Waals surface area contributed by atoms with E-state index in [0.29, 0.717) is 18.5 Å². The van der Waals surface area contributed by atoms with Gasteiger partial charge in [0.05, 0.1) is 11.4 Å². The highest BCUT2D eigenvalue weighted by atomic mass is 19.1. The van der Waals surface area contributed by atoms with Crippen molar-refractivity contribution in [1.29, 1.82) is 0 Å². The van der Waals surface area contributed by atoms with Crippen molar-refractivity contribution in [3.05, 3.63) is 71.4 Å². The fourth-order valence-electron chi connectivity index (χ4n) is 4.73. The third-order valence-corrected chi connectivity index (χ3v) is 6.43. The Bertz CT molecular complexity index is 1100. The molecule has 3 aromatic rings. The highest BCUT2D eigenvalue weighted by Crippen LogP contribution is 2.33. The number of piperidine rings is 1. The minimum absolute atomic E-state index is 0.000147. The second kappa shape index (κ2) is 8.42. The third-order valence-electron chi connectivity index (χ3n) is 6.43. The van der Waals surface area contributed by atoms with Gasteiger partial charge in [-0.05, 0) is 67.6 Å². The minimum atomic E-state index is -0.285. The molecule has 0 bridgehead atoms. The molecular formula is C25H27F2N3O. The molecule has 5 rings (SSSR count). The van der Waals surface area contributed by atoms with E-state index in [1.54, 1.807) is 12.1 Å². The van der Waals surface area contributed by atoms with Crippen molar-refractivity contribution in [1.82, 2.24) is 14.8 Å². The van der Waals surface area contributed by atoms with Crippen molar-refractivity contribution in [3.8, 4) is 0 Å². The van der Waals surface area contributed by atoms with Crippen LogP contribution in [0.5, 0.6) is 0 Å². The van der Waals surface area contributed by atoms with Gasteiger partial charge in [-0.15, -0.1) is 0 Å². The molecule has 1 saturated heterocycles. The Balaban J connectivity index is 1.48. The highest BCUT2D eigenvalue weighted by Gasteiger charge is 2.36. The maximum atomic E-state index is 14.9. The lowest BCUT2D eigenvalue weighted by molar-refractivity contribution is -0.137. The fraction of sp³-hybridized carbons (Fsp3) is 0.400. The summed E-state index contributed by atoms with van der Waals surface area (Å²) in [4.78, 5) is 15.2. The molecular weight excluding hydrogens is 396 g/mol. The van der Waals surface area contributed by atoms with E-state index in [4.69, 9.17) is 0 Å². The van der Waals surface area contributed by atoms with E-state index in [-0.39, 0.29) is 29.5 Å². The summed E-state index contributed by atoms with van der Waals surface area (Å²) in [5.41, 5.74) is 2.39. The molecule has 0 radical (unpaired) electrons. The Labute approximate surface area is 180 Å². The van der Waals surface area contributed by atoms with Gasteiger partial charge < -0.3 is 14.8 Å². The lowest BCUT2D eigenvalue weighted by Gasteiger charge is -2.29. The van der Waals surface area contributed by atoms with Crippen molar-refractivity contribution < 1.29 is 13.6 Å². The van der Waals surface area contributed by atoms with E-state index in [1.165, 1.54) is 18.2 Å². The Kier molecular flexibility index (Phi) is 5.48. The number of hydrogen-bond donors (Lipinski definition) is 1. The van der Waals surface area contributed by atoms with Crippen molar-refractivity contribution in [2.75, 3.05) is 13.1 Å². The van der Waals surface area contributed by atoms with Gasteiger partial charge in [-0.1, -0.05) is 18.2 Å². The van der Waals surface area contributed by atoms with E-state index in [1.807, 2.05) is 27.8 Å². The van der Waals surface area contributed by atoms with Gasteiger partial charge in [0.1, 0.15) is 11.6 Å². The molecule has 2 heterocycles. The van der Waals surface area contributed by atoms with Crippen molar-refractivity contribution >= 4 is 16.8 Å². The van der Waals surface area contributed by atoms with Gasteiger partial charge in [-0.3, -0.25) is 4.79 Å². The normalized spacial score (nSPS) is 19.0. The smallest absolute Gasteiger partial charge is 0.227 e. The Morgan fingerprint density at radius 1 is 1.13 bits per heavy atom.